The molecule has 0 aliphatic heterocycles. The van der Waals surface area contributed by atoms with E-state index in [0.29, 0.717) is 12.0 Å². The quantitative estimate of drug-likeness (QED) is 0.704. The van der Waals surface area contributed by atoms with Gasteiger partial charge in [-0.3, -0.25) is 4.79 Å². The molecule has 0 aromatic carbocycles. The van der Waals surface area contributed by atoms with Gasteiger partial charge in [-0.05, 0) is 46.2 Å². The van der Waals surface area contributed by atoms with E-state index in [0.717, 1.165) is 19.4 Å². The van der Waals surface area contributed by atoms with Crippen LogP contribution < -0.4 is 0 Å². The second-order valence-corrected chi connectivity index (χ2v) is 4.30. The molecule has 0 amide bonds. The summed E-state index contributed by atoms with van der Waals surface area (Å²) in [5.41, 5.74) is 0. The maximum atomic E-state index is 10.5. The molecule has 0 aromatic rings. The number of rotatable bonds is 5. The summed E-state index contributed by atoms with van der Waals surface area (Å²) in [7, 11) is 2.09. The highest BCUT2D eigenvalue weighted by atomic mass is 16.4. The summed E-state index contributed by atoms with van der Waals surface area (Å²) in [5, 5.41) is 8.68. The number of nitrogens with zero attached hydrogens (tertiary/aromatic N) is 1. The van der Waals surface area contributed by atoms with E-state index in [-0.39, 0.29) is 5.92 Å². The van der Waals surface area contributed by atoms with Crippen LogP contribution in [0.3, 0.4) is 0 Å². The van der Waals surface area contributed by atoms with Crippen LogP contribution in [0.1, 0.15) is 26.7 Å². The molecule has 3 nitrogen and oxygen atoms in total. The third-order valence-corrected chi connectivity index (χ3v) is 2.97. The molecule has 76 valence electrons. The average Bonchev–Trinajstić information content (AvgIpc) is 2.78. The van der Waals surface area contributed by atoms with E-state index in [9.17, 15) is 4.79 Å². The van der Waals surface area contributed by atoms with Crippen molar-refractivity contribution in [2.24, 2.45) is 11.8 Å². The third-order valence-electron chi connectivity index (χ3n) is 2.97. The highest BCUT2D eigenvalue weighted by molar-refractivity contribution is 5.73. The minimum atomic E-state index is -0.614. The zero-order chi connectivity index (χ0) is 10.0. The summed E-state index contributed by atoms with van der Waals surface area (Å²) in [5.74, 6) is -0.212. The Kier molecular flexibility index (Phi) is 3.31. The van der Waals surface area contributed by atoms with Gasteiger partial charge in [0.1, 0.15) is 0 Å². The van der Waals surface area contributed by atoms with Crippen LogP contribution in [0.5, 0.6) is 0 Å². The highest BCUT2D eigenvalue weighted by Gasteiger charge is 2.42. The van der Waals surface area contributed by atoms with Gasteiger partial charge in [0.2, 0.25) is 0 Å². The predicted molar refractivity (Wildman–Crippen MR) is 51.6 cm³/mol. The van der Waals surface area contributed by atoms with Crippen LogP contribution in [-0.2, 0) is 4.79 Å². The van der Waals surface area contributed by atoms with Crippen LogP contribution in [0.15, 0.2) is 0 Å². The highest BCUT2D eigenvalue weighted by Crippen LogP contribution is 2.41. The Bertz CT molecular complexity index is 191. The molecule has 0 heterocycles. The first-order valence-corrected chi connectivity index (χ1v) is 4.95. The molecule has 3 heteroatoms. The van der Waals surface area contributed by atoms with Crippen molar-refractivity contribution < 1.29 is 9.90 Å². The fourth-order valence-corrected chi connectivity index (χ4v) is 1.50. The second kappa shape index (κ2) is 4.09. The van der Waals surface area contributed by atoms with Crippen LogP contribution >= 0.6 is 0 Å². The number of carboxylic acid groups (broad SMARTS) is 1. The van der Waals surface area contributed by atoms with E-state index in [1.54, 1.807) is 0 Å². The monoisotopic (exact) mass is 185 g/mol. The SMILES string of the molecule is CC(C)N(C)CCC1CC1C(=O)O. The van der Waals surface area contributed by atoms with Gasteiger partial charge in [0.25, 0.3) is 0 Å². The van der Waals surface area contributed by atoms with Crippen molar-refractivity contribution in [2.75, 3.05) is 13.6 Å². The van der Waals surface area contributed by atoms with Crippen molar-refractivity contribution in [1.82, 2.24) is 4.90 Å². The summed E-state index contributed by atoms with van der Waals surface area (Å²) in [4.78, 5) is 12.8. The van der Waals surface area contributed by atoms with E-state index in [4.69, 9.17) is 5.11 Å². The zero-order valence-electron chi connectivity index (χ0n) is 8.66. The van der Waals surface area contributed by atoms with Crippen molar-refractivity contribution in [1.29, 1.82) is 0 Å². The van der Waals surface area contributed by atoms with Gasteiger partial charge in [0.05, 0.1) is 5.92 Å². The topological polar surface area (TPSA) is 40.5 Å². The fourth-order valence-electron chi connectivity index (χ4n) is 1.50. The number of aliphatic carboxylic acids is 1. The van der Waals surface area contributed by atoms with Crippen molar-refractivity contribution >= 4 is 5.97 Å². The Balaban J connectivity index is 2.12. The van der Waals surface area contributed by atoms with Crippen LogP contribution in [0, 0.1) is 11.8 Å². The van der Waals surface area contributed by atoms with Gasteiger partial charge in [0, 0.05) is 6.04 Å². The van der Waals surface area contributed by atoms with E-state index in [2.05, 4.69) is 25.8 Å². The summed E-state index contributed by atoms with van der Waals surface area (Å²) in [6.45, 7) is 5.33. The number of carbonyl (C=O) groups is 1. The van der Waals surface area contributed by atoms with Crippen molar-refractivity contribution in [3.8, 4) is 0 Å². The summed E-state index contributed by atoms with van der Waals surface area (Å²) >= 11 is 0. The zero-order valence-corrected chi connectivity index (χ0v) is 8.66. The van der Waals surface area contributed by atoms with E-state index < -0.39 is 5.97 Å². The molecule has 13 heavy (non-hydrogen) atoms. The fraction of sp³-hybridized carbons (Fsp3) is 0.900. The molecule has 1 fully saturated rings. The van der Waals surface area contributed by atoms with Gasteiger partial charge in [0.15, 0.2) is 0 Å². The summed E-state index contributed by atoms with van der Waals surface area (Å²) < 4.78 is 0. The molecule has 1 saturated carbocycles. The Hall–Kier alpha value is -0.570. The molecule has 0 aromatic heterocycles. The minimum absolute atomic E-state index is 0.0411. The molecular weight excluding hydrogens is 166 g/mol. The number of carboxylic acids is 1. The number of hydrogen-bond donors (Lipinski definition) is 1. The van der Waals surface area contributed by atoms with E-state index in [1.165, 1.54) is 0 Å². The first-order chi connectivity index (χ1) is 6.02. The lowest BCUT2D eigenvalue weighted by Crippen LogP contribution is -2.27. The maximum Gasteiger partial charge on any atom is 0.306 e. The molecule has 1 rings (SSSR count). The van der Waals surface area contributed by atoms with Gasteiger partial charge in [-0.25, -0.2) is 0 Å². The molecule has 2 unspecified atom stereocenters. The van der Waals surface area contributed by atoms with Crippen LogP contribution in [0.2, 0.25) is 0 Å². The molecule has 0 bridgehead atoms. The lowest BCUT2D eigenvalue weighted by atomic mass is 10.2. The first kappa shape index (κ1) is 10.5. The van der Waals surface area contributed by atoms with E-state index >= 15 is 0 Å². The molecule has 0 spiro atoms. The second-order valence-electron chi connectivity index (χ2n) is 4.30. The lowest BCUT2D eigenvalue weighted by molar-refractivity contribution is -0.138. The maximum absolute atomic E-state index is 10.5. The van der Waals surface area contributed by atoms with Crippen LogP contribution in [0.25, 0.3) is 0 Å². The van der Waals surface area contributed by atoms with Crippen LogP contribution in [-0.4, -0.2) is 35.6 Å². The van der Waals surface area contributed by atoms with Gasteiger partial charge in [-0.2, -0.15) is 0 Å². The molecular formula is C10H19NO2. The normalized spacial score (nSPS) is 26.8. The van der Waals surface area contributed by atoms with Crippen molar-refractivity contribution in [3.05, 3.63) is 0 Å². The third kappa shape index (κ3) is 2.99. The lowest BCUT2D eigenvalue weighted by Gasteiger charge is -2.20. The van der Waals surface area contributed by atoms with Crippen LogP contribution in [0.4, 0.5) is 0 Å². The Morgan fingerprint density at radius 3 is 2.62 bits per heavy atom. The molecule has 1 N–H and O–H groups in total. The van der Waals surface area contributed by atoms with Gasteiger partial charge >= 0.3 is 5.97 Å². The van der Waals surface area contributed by atoms with Crippen molar-refractivity contribution in [2.45, 2.75) is 32.7 Å². The smallest absolute Gasteiger partial charge is 0.306 e. The Labute approximate surface area is 79.7 Å². The van der Waals surface area contributed by atoms with Crippen molar-refractivity contribution in [3.63, 3.8) is 0 Å². The molecule has 1 aliphatic carbocycles. The first-order valence-electron chi connectivity index (χ1n) is 4.95. The molecule has 2 atom stereocenters. The predicted octanol–water partition coefficient (Wildman–Crippen LogP) is 1.44. The molecule has 1 aliphatic rings. The summed E-state index contributed by atoms with van der Waals surface area (Å²) in [6, 6.07) is 0.557. The molecule has 0 radical (unpaired) electrons. The van der Waals surface area contributed by atoms with Gasteiger partial charge < -0.3 is 10.0 Å². The largest absolute Gasteiger partial charge is 0.481 e. The van der Waals surface area contributed by atoms with Gasteiger partial charge in [-0.15, -0.1) is 0 Å². The van der Waals surface area contributed by atoms with Gasteiger partial charge in [-0.1, -0.05) is 0 Å². The average molecular weight is 185 g/mol. The molecule has 0 saturated heterocycles. The van der Waals surface area contributed by atoms with E-state index in [1.807, 2.05) is 0 Å². The standard InChI is InChI=1S/C10H19NO2/c1-7(2)11(3)5-4-8-6-9(8)10(12)13/h7-9H,4-6H2,1-3H3,(H,12,13). The minimum Gasteiger partial charge on any atom is -0.481 e. The Morgan fingerprint density at radius 2 is 2.23 bits per heavy atom. The summed E-state index contributed by atoms with van der Waals surface area (Å²) in [6.07, 6.45) is 1.92. The number of hydrogen-bond acceptors (Lipinski definition) is 2. The Morgan fingerprint density at radius 1 is 1.62 bits per heavy atom.